The van der Waals surface area contributed by atoms with Crippen LogP contribution in [0.3, 0.4) is 0 Å². The summed E-state index contributed by atoms with van der Waals surface area (Å²) in [4.78, 5) is 18.6. The topological polar surface area (TPSA) is 195 Å². The number of rotatable bonds is 3. The Morgan fingerprint density at radius 1 is 1.15 bits per heavy atom. The van der Waals surface area contributed by atoms with Gasteiger partial charge in [-0.3, -0.25) is 13.9 Å². The summed E-state index contributed by atoms with van der Waals surface area (Å²) < 4.78 is 31.6. The van der Waals surface area contributed by atoms with Crippen molar-refractivity contribution < 1.29 is 27.1 Å². The van der Waals surface area contributed by atoms with Crippen molar-refractivity contribution in [2.75, 3.05) is 6.54 Å². The molecule has 0 unspecified atom stereocenters. The number of thiocyanates is 1. The number of quaternary nitrogens is 1. The number of Topliss-reactive ketones (excluding diaryl/α,β-unsaturated/α-hetero) is 1. The number of hydrogen-bond donors (Lipinski definition) is 4. The highest BCUT2D eigenvalue weighted by atomic mass is 32.3. The van der Waals surface area contributed by atoms with Crippen LogP contribution in [0.4, 0.5) is 0 Å². The highest BCUT2D eigenvalue weighted by Crippen LogP contribution is 2.56. The summed E-state index contributed by atoms with van der Waals surface area (Å²) in [7, 11) is -4.67. The third-order valence-electron chi connectivity index (χ3n) is 7.81. The van der Waals surface area contributed by atoms with E-state index >= 15 is 0 Å². The zero-order valence-electron chi connectivity index (χ0n) is 25.1. The number of benzene rings is 2. The van der Waals surface area contributed by atoms with Gasteiger partial charge in [0.2, 0.25) is 0 Å². The maximum atomic E-state index is 10.6. The molecule has 0 heterocycles. The number of nitrogens with zero attached hydrogens (tertiary/aromatic N) is 1. The standard InChI is InChI=1S/C20H31N.C8H8O.CHNS.CH2O.H3N.H2O4S/c1-14(2)15-6-8-17-16(12-15)7-9-18-19(3,13-21)10-5-11-20(17,18)4;1-7(9)8-5-3-2-4-6-8;2-1-3;1-2;;1-5(2,3)4/h6,8,12,14,18H,5,7,9-11,13,21H2,1-4H3;2-6H,1H3;3H;1H2;1H3;(H2,1,2,3,4)/t18-,19-,20+;;;;;/m0...../s1. The molecule has 0 bridgehead atoms. The Balaban J connectivity index is 0. The van der Waals surface area contributed by atoms with E-state index in [2.05, 4.69) is 58.5 Å². The molecule has 1 saturated carbocycles. The van der Waals surface area contributed by atoms with E-state index in [-0.39, 0.29) is 11.9 Å². The zero-order chi connectivity index (χ0) is 31.1. The minimum Gasteiger partial charge on any atom is -0.696 e. The van der Waals surface area contributed by atoms with Gasteiger partial charge in [-0.1, -0.05) is 88.0 Å². The number of nitrogens with two attached hydrogens (primary N) is 1. The fourth-order valence-corrected chi connectivity index (χ4v) is 5.92. The van der Waals surface area contributed by atoms with Gasteiger partial charge < -0.3 is 29.3 Å². The minimum absolute atomic E-state index is 0. The van der Waals surface area contributed by atoms with Crippen molar-refractivity contribution in [1.29, 1.82) is 5.26 Å². The monoisotopic (exact) mass is 609 g/mol. The number of carbonyl (C=O) groups excluding carboxylic acids is 2. The number of nitriles is 1. The Hall–Kier alpha value is -2.72. The molecule has 230 valence electrons. The molecule has 1 fully saturated rings. The molecule has 2 aliphatic carbocycles. The first-order valence-electron chi connectivity index (χ1n) is 13.0. The molecule has 4 rings (SSSR count). The van der Waals surface area contributed by atoms with Gasteiger partial charge in [-0.2, -0.15) is 8.42 Å². The maximum Gasteiger partial charge on any atom is 0.394 e. The molecule has 8 N–H and O–H groups in total. The number of carbonyl (C=O) groups is 2. The summed E-state index contributed by atoms with van der Waals surface area (Å²) in [5.74, 6) is 1.50. The van der Waals surface area contributed by atoms with Gasteiger partial charge in [0.25, 0.3) is 0 Å². The van der Waals surface area contributed by atoms with Crippen LogP contribution < -0.4 is 11.9 Å². The van der Waals surface area contributed by atoms with E-state index in [0.29, 0.717) is 16.7 Å². The lowest BCUT2D eigenvalue weighted by Crippen LogP contribution is -2.51. The lowest BCUT2D eigenvalue weighted by Gasteiger charge is -2.55. The summed E-state index contributed by atoms with van der Waals surface area (Å²) in [6.07, 6.45) is 6.53. The fourth-order valence-electron chi connectivity index (χ4n) is 5.92. The van der Waals surface area contributed by atoms with Crippen LogP contribution in [-0.4, -0.2) is 36.6 Å². The van der Waals surface area contributed by atoms with Crippen LogP contribution in [0.25, 0.3) is 0 Å². The number of aryl methyl sites for hydroxylation is 1. The molecule has 0 spiro atoms. The van der Waals surface area contributed by atoms with Crippen LogP contribution in [0.15, 0.2) is 48.5 Å². The second-order valence-corrected chi connectivity index (χ2v) is 11.8. The molecule has 11 heteroatoms. The highest BCUT2D eigenvalue weighted by molar-refractivity contribution is 7.79. The van der Waals surface area contributed by atoms with Gasteiger partial charge in [0, 0.05) is 5.56 Å². The average molecular weight is 610 g/mol. The molecule has 2 aromatic carbocycles. The van der Waals surface area contributed by atoms with E-state index < -0.39 is 10.4 Å². The van der Waals surface area contributed by atoms with Crippen molar-refractivity contribution in [3.8, 4) is 5.40 Å². The minimum atomic E-state index is -4.67. The predicted molar refractivity (Wildman–Crippen MR) is 167 cm³/mol. The van der Waals surface area contributed by atoms with Crippen molar-refractivity contribution >= 4 is 35.6 Å². The van der Waals surface area contributed by atoms with Crippen LogP contribution in [0.2, 0.25) is 0 Å². The van der Waals surface area contributed by atoms with E-state index in [1.165, 1.54) is 43.1 Å². The lowest BCUT2D eigenvalue weighted by atomic mass is 9.50. The van der Waals surface area contributed by atoms with Crippen LogP contribution in [-0.2, 0) is 39.7 Å². The van der Waals surface area contributed by atoms with E-state index in [0.717, 1.165) is 18.0 Å². The van der Waals surface area contributed by atoms with E-state index in [9.17, 15) is 4.79 Å². The van der Waals surface area contributed by atoms with Gasteiger partial charge in [-0.05, 0) is 78.5 Å². The second kappa shape index (κ2) is 18.7. The lowest BCUT2D eigenvalue weighted by molar-refractivity contribution is -0.0980. The van der Waals surface area contributed by atoms with Gasteiger partial charge in [0.1, 0.15) is 6.79 Å². The zero-order valence-corrected chi connectivity index (χ0v) is 26.7. The van der Waals surface area contributed by atoms with Crippen LogP contribution in [0, 0.1) is 22.0 Å². The number of ketones is 1. The van der Waals surface area contributed by atoms with Gasteiger partial charge in [-0.25, -0.2) is 5.26 Å². The molecule has 0 aromatic heterocycles. The summed E-state index contributed by atoms with van der Waals surface area (Å²) in [6.45, 7) is 13.9. The molecular weight excluding hydrogens is 562 g/mol. The average Bonchev–Trinajstić information content (AvgIpc) is 2.90. The van der Waals surface area contributed by atoms with E-state index in [4.69, 9.17) is 33.3 Å². The molecule has 9 nitrogen and oxygen atoms in total. The van der Waals surface area contributed by atoms with Gasteiger partial charge in [0.15, 0.2) is 5.78 Å². The SMILES string of the molecule is C=O.CC(=O)c1ccccc1.CC(C)c1ccc2c(c1)CC[C@H]1[C@](C)(CN)CCC[C@]21C.N#C[S-].O=S(=O)(O)O.[NH4+]. The van der Waals surface area contributed by atoms with Crippen molar-refractivity contribution in [3.63, 3.8) is 0 Å². The Morgan fingerprint density at radius 3 is 2.07 bits per heavy atom. The third kappa shape index (κ3) is 12.8. The Kier molecular flexibility index (Phi) is 18.4. The first-order chi connectivity index (χ1) is 18.6. The highest BCUT2D eigenvalue weighted by Gasteiger charge is 2.50. The summed E-state index contributed by atoms with van der Waals surface area (Å²) in [6, 6.07) is 16.5. The third-order valence-corrected chi connectivity index (χ3v) is 7.81. The predicted octanol–water partition coefficient (Wildman–Crippen LogP) is 6.22. The van der Waals surface area contributed by atoms with Crippen molar-refractivity contribution in [1.82, 2.24) is 6.15 Å². The first kappa shape index (κ1) is 40.4. The fraction of sp³-hybridized carbons (Fsp3) is 0.500. The van der Waals surface area contributed by atoms with Crippen LogP contribution in [0.1, 0.15) is 93.3 Å². The quantitative estimate of drug-likeness (QED) is 0.135. The summed E-state index contributed by atoms with van der Waals surface area (Å²) >= 11 is 3.70. The summed E-state index contributed by atoms with van der Waals surface area (Å²) in [5.41, 5.74) is 12.4. The summed E-state index contributed by atoms with van der Waals surface area (Å²) in [5, 5.41) is 8.47. The Labute approximate surface area is 251 Å². The van der Waals surface area contributed by atoms with Gasteiger partial charge in [0.05, 0.1) is 0 Å². The molecule has 0 saturated heterocycles. The van der Waals surface area contributed by atoms with Gasteiger partial charge in [-0.15, -0.1) is 0 Å². The molecule has 3 atom stereocenters. The second-order valence-electron chi connectivity index (χ2n) is 10.8. The van der Waals surface area contributed by atoms with E-state index in [1.54, 1.807) is 18.1 Å². The van der Waals surface area contributed by atoms with E-state index in [1.807, 2.05) is 37.1 Å². The first-order valence-corrected chi connectivity index (χ1v) is 14.8. The van der Waals surface area contributed by atoms with Crippen molar-refractivity contribution in [3.05, 3.63) is 70.8 Å². The van der Waals surface area contributed by atoms with Gasteiger partial charge >= 0.3 is 10.4 Å². The molecule has 0 amide bonds. The van der Waals surface area contributed by atoms with Crippen molar-refractivity contribution in [2.24, 2.45) is 17.1 Å². The Morgan fingerprint density at radius 2 is 1.66 bits per heavy atom. The molecular formula is C30H47N3O6S2. The molecule has 2 aliphatic rings. The number of hydrogen-bond acceptors (Lipinski definition) is 7. The number of fused-ring (bicyclic) bond motifs is 3. The smallest absolute Gasteiger partial charge is 0.394 e. The van der Waals surface area contributed by atoms with Crippen LogP contribution >= 0.6 is 0 Å². The normalized spacial score (nSPS) is 21.8. The molecule has 0 radical (unpaired) electrons. The van der Waals surface area contributed by atoms with Crippen molar-refractivity contribution in [2.45, 2.75) is 78.1 Å². The molecule has 2 aromatic rings. The molecule has 41 heavy (non-hydrogen) atoms. The maximum absolute atomic E-state index is 10.6. The largest absolute Gasteiger partial charge is 0.696 e. The van der Waals surface area contributed by atoms with Crippen LogP contribution in [0.5, 0.6) is 0 Å². The molecule has 0 aliphatic heterocycles. The Bertz CT molecular complexity index is 1210.